The zero-order chi connectivity index (χ0) is 12.5. The molecule has 1 aromatic rings. The highest BCUT2D eigenvalue weighted by Gasteiger charge is 2.31. The van der Waals surface area contributed by atoms with Gasteiger partial charge in [-0.2, -0.15) is 0 Å². The van der Waals surface area contributed by atoms with E-state index in [1.807, 2.05) is 0 Å². The minimum Gasteiger partial charge on any atom is -0.478 e. The number of carboxylic acid groups (broad SMARTS) is 1. The minimum atomic E-state index is -0.986. The Kier molecular flexibility index (Phi) is 2.87. The number of aromatic nitrogens is 2. The maximum atomic E-state index is 10.7. The molecule has 0 spiro atoms. The zero-order valence-electron chi connectivity index (χ0n) is 10.1. The molecule has 0 atom stereocenters. The van der Waals surface area contributed by atoms with E-state index < -0.39 is 5.97 Å². The van der Waals surface area contributed by atoms with Gasteiger partial charge in [-0.1, -0.05) is 0 Å². The molecule has 1 aromatic heterocycles. The first-order chi connectivity index (χ1) is 8.74. The van der Waals surface area contributed by atoms with Crippen molar-refractivity contribution in [3.63, 3.8) is 0 Å². The van der Waals surface area contributed by atoms with E-state index in [0.29, 0.717) is 5.95 Å². The zero-order valence-corrected chi connectivity index (χ0v) is 10.1. The van der Waals surface area contributed by atoms with Crippen LogP contribution in [0, 0.1) is 0 Å². The van der Waals surface area contributed by atoms with Crippen LogP contribution in [0.2, 0.25) is 0 Å². The standard InChI is InChI=1S/C12H16N4O2/c17-11(18)9-7-13-12(14-8-9)16-5-3-15(4-6-16)10-1-2-10/h7-8,10H,1-6H2,(H,17,18). The average molecular weight is 248 g/mol. The lowest BCUT2D eigenvalue weighted by Gasteiger charge is -2.34. The Labute approximate surface area is 105 Å². The third kappa shape index (κ3) is 2.28. The topological polar surface area (TPSA) is 69.6 Å². The molecule has 1 aliphatic heterocycles. The normalized spacial score (nSPS) is 21.0. The summed E-state index contributed by atoms with van der Waals surface area (Å²) in [5, 5.41) is 8.79. The van der Waals surface area contributed by atoms with E-state index in [1.54, 1.807) is 0 Å². The average Bonchev–Trinajstić information content (AvgIpc) is 3.23. The molecule has 1 saturated carbocycles. The Morgan fingerprint density at radius 2 is 1.78 bits per heavy atom. The molecule has 0 radical (unpaired) electrons. The van der Waals surface area contributed by atoms with Crippen molar-refractivity contribution in [2.24, 2.45) is 0 Å². The van der Waals surface area contributed by atoms with Crippen molar-refractivity contribution in [2.45, 2.75) is 18.9 Å². The third-order valence-corrected chi connectivity index (χ3v) is 3.55. The van der Waals surface area contributed by atoms with Gasteiger partial charge in [0.25, 0.3) is 0 Å². The number of nitrogens with zero attached hydrogens (tertiary/aromatic N) is 4. The molecule has 1 aliphatic carbocycles. The monoisotopic (exact) mass is 248 g/mol. The molecule has 96 valence electrons. The highest BCUT2D eigenvalue weighted by atomic mass is 16.4. The van der Waals surface area contributed by atoms with Crippen LogP contribution in [0.5, 0.6) is 0 Å². The van der Waals surface area contributed by atoms with Gasteiger partial charge in [0.05, 0.1) is 5.56 Å². The summed E-state index contributed by atoms with van der Waals surface area (Å²) in [5.74, 6) is -0.351. The summed E-state index contributed by atoms with van der Waals surface area (Å²) in [7, 11) is 0. The van der Waals surface area contributed by atoms with Crippen molar-refractivity contribution in [1.82, 2.24) is 14.9 Å². The fraction of sp³-hybridized carbons (Fsp3) is 0.583. The van der Waals surface area contributed by atoms with Crippen molar-refractivity contribution in [2.75, 3.05) is 31.1 Å². The van der Waals surface area contributed by atoms with Gasteiger partial charge in [0.15, 0.2) is 0 Å². The Balaban J connectivity index is 1.62. The number of carboxylic acids is 1. The fourth-order valence-corrected chi connectivity index (χ4v) is 2.32. The van der Waals surface area contributed by atoms with Crippen LogP contribution in [0.15, 0.2) is 12.4 Å². The largest absolute Gasteiger partial charge is 0.478 e. The molecule has 2 heterocycles. The maximum Gasteiger partial charge on any atom is 0.338 e. The number of piperazine rings is 1. The van der Waals surface area contributed by atoms with E-state index in [-0.39, 0.29) is 5.56 Å². The first-order valence-corrected chi connectivity index (χ1v) is 6.28. The number of anilines is 1. The third-order valence-electron chi connectivity index (χ3n) is 3.55. The first-order valence-electron chi connectivity index (χ1n) is 6.28. The summed E-state index contributed by atoms with van der Waals surface area (Å²) in [6, 6.07) is 0.808. The second-order valence-corrected chi connectivity index (χ2v) is 4.83. The quantitative estimate of drug-likeness (QED) is 0.838. The number of rotatable bonds is 3. The van der Waals surface area contributed by atoms with Crippen LogP contribution in [-0.4, -0.2) is 58.2 Å². The molecule has 1 N–H and O–H groups in total. The second kappa shape index (κ2) is 4.53. The van der Waals surface area contributed by atoms with Gasteiger partial charge in [-0.25, -0.2) is 14.8 Å². The van der Waals surface area contributed by atoms with Crippen molar-refractivity contribution in [3.8, 4) is 0 Å². The molecule has 1 saturated heterocycles. The maximum absolute atomic E-state index is 10.7. The Hall–Kier alpha value is -1.69. The summed E-state index contributed by atoms with van der Waals surface area (Å²) in [6.07, 6.45) is 5.42. The van der Waals surface area contributed by atoms with Crippen molar-refractivity contribution >= 4 is 11.9 Å². The SMILES string of the molecule is O=C(O)c1cnc(N2CCN(C3CC3)CC2)nc1. The predicted molar refractivity (Wildman–Crippen MR) is 65.8 cm³/mol. The fourth-order valence-electron chi connectivity index (χ4n) is 2.32. The molecule has 6 nitrogen and oxygen atoms in total. The van der Waals surface area contributed by atoms with Crippen molar-refractivity contribution in [3.05, 3.63) is 18.0 Å². The van der Waals surface area contributed by atoms with E-state index in [4.69, 9.17) is 5.11 Å². The number of carbonyl (C=O) groups is 1. The number of hydrogen-bond acceptors (Lipinski definition) is 5. The van der Waals surface area contributed by atoms with E-state index in [9.17, 15) is 4.79 Å². The lowest BCUT2D eigenvalue weighted by atomic mass is 10.3. The molecule has 0 aromatic carbocycles. The van der Waals surface area contributed by atoms with E-state index >= 15 is 0 Å². The summed E-state index contributed by atoms with van der Waals surface area (Å²) < 4.78 is 0. The van der Waals surface area contributed by atoms with Gasteiger partial charge >= 0.3 is 5.97 Å². The van der Waals surface area contributed by atoms with Crippen molar-refractivity contribution in [1.29, 1.82) is 0 Å². The van der Waals surface area contributed by atoms with Gasteiger partial charge in [0.1, 0.15) is 0 Å². The molecule has 18 heavy (non-hydrogen) atoms. The molecule has 6 heteroatoms. The van der Waals surface area contributed by atoms with Crippen LogP contribution in [0.25, 0.3) is 0 Å². The molecule has 0 bridgehead atoms. The van der Waals surface area contributed by atoms with Gasteiger partial charge in [-0.05, 0) is 12.8 Å². The van der Waals surface area contributed by atoms with Gasteiger partial charge in [-0.3, -0.25) is 4.90 Å². The number of hydrogen-bond donors (Lipinski definition) is 1. The van der Waals surface area contributed by atoms with Crippen LogP contribution in [0.4, 0.5) is 5.95 Å². The Bertz CT molecular complexity index is 436. The second-order valence-electron chi connectivity index (χ2n) is 4.83. The van der Waals surface area contributed by atoms with Gasteiger partial charge in [0, 0.05) is 44.6 Å². The molecule has 3 rings (SSSR count). The lowest BCUT2D eigenvalue weighted by molar-refractivity contribution is 0.0696. The van der Waals surface area contributed by atoms with Crippen LogP contribution < -0.4 is 4.90 Å². The Morgan fingerprint density at radius 1 is 1.17 bits per heavy atom. The summed E-state index contributed by atoms with van der Waals surface area (Å²) in [4.78, 5) is 23.6. The van der Waals surface area contributed by atoms with Crippen molar-refractivity contribution < 1.29 is 9.90 Å². The van der Waals surface area contributed by atoms with Gasteiger partial charge in [-0.15, -0.1) is 0 Å². The smallest absolute Gasteiger partial charge is 0.338 e. The predicted octanol–water partition coefficient (Wildman–Crippen LogP) is 0.459. The molecule has 0 amide bonds. The number of aromatic carboxylic acids is 1. The molecule has 0 unspecified atom stereocenters. The van der Waals surface area contributed by atoms with Gasteiger partial charge in [0.2, 0.25) is 5.95 Å². The summed E-state index contributed by atoms with van der Waals surface area (Å²) >= 11 is 0. The van der Waals surface area contributed by atoms with Crippen LogP contribution in [0.3, 0.4) is 0 Å². The Morgan fingerprint density at radius 3 is 2.28 bits per heavy atom. The molecular weight excluding hydrogens is 232 g/mol. The lowest BCUT2D eigenvalue weighted by Crippen LogP contribution is -2.47. The van der Waals surface area contributed by atoms with E-state index in [2.05, 4.69) is 19.8 Å². The summed E-state index contributed by atoms with van der Waals surface area (Å²) in [5.41, 5.74) is 0.135. The first kappa shape index (κ1) is 11.4. The molecule has 2 aliphatic rings. The van der Waals surface area contributed by atoms with Crippen LogP contribution in [-0.2, 0) is 0 Å². The van der Waals surface area contributed by atoms with E-state index in [1.165, 1.54) is 25.2 Å². The molecular formula is C12H16N4O2. The van der Waals surface area contributed by atoms with Gasteiger partial charge < -0.3 is 10.0 Å². The molecule has 2 fully saturated rings. The highest BCUT2D eigenvalue weighted by Crippen LogP contribution is 2.27. The van der Waals surface area contributed by atoms with Crippen LogP contribution in [0.1, 0.15) is 23.2 Å². The summed E-state index contributed by atoms with van der Waals surface area (Å²) in [6.45, 7) is 3.94. The highest BCUT2D eigenvalue weighted by molar-refractivity contribution is 5.86. The van der Waals surface area contributed by atoms with E-state index in [0.717, 1.165) is 32.2 Å². The minimum absolute atomic E-state index is 0.135. The van der Waals surface area contributed by atoms with Crippen LogP contribution >= 0.6 is 0 Å².